The Morgan fingerprint density at radius 1 is 1.29 bits per heavy atom. The van der Waals surface area contributed by atoms with Gasteiger partial charge in [0.1, 0.15) is 0 Å². The number of piperidine rings is 1. The molecule has 3 fully saturated rings. The van der Waals surface area contributed by atoms with Gasteiger partial charge in [0.15, 0.2) is 5.82 Å². The van der Waals surface area contributed by atoms with Crippen molar-refractivity contribution < 1.29 is 4.52 Å². The van der Waals surface area contributed by atoms with Gasteiger partial charge in [-0.25, -0.2) is 0 Å². The van der Waals surface area contributed by atoms with Crippen LogP contribution < -0.4 is 0 Å². The summed E-state index contributed by atoms with van der Waals surface area (Å²) in [6.45, 7) is 4.20. The van der Waals surface area contributed by atoms with Crippen molar-refractivity contribution in [2.24, 2.45) is 11.3 Å². The number of nitrogens with zero attached hydrogens (tertiary/aromatic N) is 4. The van der Waals surface area contributed by atoms with Crippen molar-refractivity contribution in [1.29, 1.82) is 5.26 Å². The molecule has 0 amide bonds. The van der Waals surface area contributed by atoms with E-state index in [1.54, 1.807) is 0 Å². The minimum atomic E-state index is -0.0234. The van der Waals surface area contributed by atoms with Crippen molar-refractivity contribution in [2.75, 3.05) is 7.05 Å². The molecule has 0 spiro atoms. The van der Waals surface area contributed by atoms with Gasteiger partial charge in [-0.2, -0.15) is 10.2 Å². The molecule has 2 aliphatic heterocycles. The Morgan fingerprint density at radius 2 is 1.95 bits per heavy atom. The van der Waals surface area contributed by atoms with Gasteiger partial charge in [-0.3, -0.25) is 0 Å². The molecule has 4 unspecified atom stereocenters. The van der Waals surface area contributed by atoms with E-state index in [1.807, 2.05) is 0 Å². The lowest BCUT2D eigenvalue weighted by molar-refractivity contribution is 0.157. The van der Waals surface area contributed by atoms with Crippen molar-refractivity contribution in [3.63, 3.8) is 0 Å². The Hall–Kier alpha value is -1.41. The first kappa shape index (κ1) is 13.3. The average molecular weight is 286 g/mol. The first-order chi connectivity index (χ1) is 10.0. The topological polar surface area (TPSA) is 66.0 Å². The molecule has 112 valence electrons. The molecule has 4 rings (SSSR count). The van der Waals surface area contributed by atoms with E-state index in [1.165, 1.54) is 12.8 Å². The van der Waals surface area contributed by atoms with Crippen LogP contribution >= 0.6 is 0 Å². The summed E-state index contributed by atoms with van der Waals surface area (Å²) in [7, 11) is 2.24. The summed E-state index contributed by atoms with van der Waals surface area (Å²) < 4.78 is 5.50. The monoisotopic (exact) mass is 286 g/mol. The van der Waals surface area contributed by atoms with E-state index in [9.17, 15) is 5.26 Å². The number of nitriles is 1. The molecule has 0 radical (unpaired) electrons. The van der Waals surface area contributed by atoms with Crippen LogP contribution in [-0.2, 0) is 0 Å². The lowest BCUT2D eigenvalue weighted by Gasteiger charge is -2.34. The van der Waals surface area contributed by atoms with Crippen molar-refractivity contribution in [1.82, 2.24) is 15.0 Å². The van der Waals surface area contributed by atoms with E-state index in [-0.39, 0.29) is 17.3 Å². The zero-order valence-electron chi connectivity index (χ0n) is 12.9. The van der Waals surface area contributed by atoms with E-state index >= 15 is 0 Å². The molecule has 1 saturated carbocycles. The van der Waals surface area contributed by atoms with Crippen molar-refractivity contribution in [2.45, 2.75) is 63.5 Å². The smallest absolute Gasteiger partial charge is 0.231 e. The van der Waals surface area contributed by atoms with E-state index < -0.39 is 0 Å². The van der Waals surface area contributed by atoms with E-state index in [2.05, 4.69) is 42.0 Å². The number of aromatic nitrogens is 2. The first-order valence-electron chi connectivity index (χ1n) is 7.97. The maximum atomic E-state index is 9.19. The number of hydrogen-bond donors (Lipinski definition) is 0. The van der Waals surface area contributed by atoms with Crippen LogP contribution in [0, 0.1) is 22.7 Å². The molecule has 1 aliphatic carbocycles. The van der Waals surface area contributed by atoms with Crippen LogP contribution in [0.1, 0.15) is 63.1 Å². The van der Waals surface area contributed by atoms with E-state index in [0.717, 1.165) is 18.7 Å². The SMILES string of the molecule is CN1C2CCC1CC(c1noc(C3C(C#N)C3(C)C)n1)C2. The second-order valence-electron chi connectivity index (χ2n) is 7.62. The van der Waals surface area contributed by atoms with Crippen LogP contribution in [0.5, 0.6) is 0 Å². The number of fused-ring (bicyclic) bond motifs is 2. The molecule has 5 nitrogen and oxygen atoms in total. The highest BCUT2D eigenvalue weighted by Crippen LogP contribution is 2.63. The van der Waals surface area contributed by atoms with Crippen molar-refractivity contribution in [3.8, 4) is 6.07 Å². The molecule has 3 aliphatic rings. The van der Waals surface area contributed by atoms with Crippen LogP contribution in [0.15, 0.2) is 4.52 Å². The fourth-order valence-electron chi connectivity index (χ4n) is 4.50. The predicted octanol–water partition coefficient (Wildman–Crippen LogP) is 2.67. The molecule has 5 heteroatoms. The Labute approximate surface area is 125 Å². The van der Waals surface area contributed by atoms with Gasteiger partial charge in [0.2, 0.25) is 5.89 Å². The maximum Gasteiger partial charge on any atom is 0.231 e. The quantitative estimate of drug-likeness (QED) is 0.836. The van der Waals surface area contributed by atoms with Crippen molar-refractivity contribution >= 4 is 0 Å². The largest absolute Gasteiger partial charge is 0.339 e. The Morgan fingerprint density at radius 3 is 2.52 bits per heavy atom. The van der Waals surface area contributed by atoms with Crippen LogP contribution in [-0.4, -0.2) is 34.2 Å². The minimum absolute atomic E-state index is 0.0134. The molecular weight excluding hydrogens is 264 g/mol. The van der Waals surface area contributed by atoms with Gasteiger partial charge in [-0.15, -0.1) is 0 Å². The fraction of sp³-hybridized carbons (Fsp3) is 0.812. The Kier molecular flexibility index (Phi) is 2.71. The summed E-state index contributed by atoms with van der Waals surface area (Å²) in [6.07, 6.45) is 4.88. The van der Waals surface area contributed by atoms with Gasteiger partial charge in [0.25, 0.3) is 0 Å². The summed E-state index contributed by atoms with van der Waals surface area (Å²) >= 11 is 0. The lowest BCUT2D eigenvalue weighted by atomic mass is 9.90. The summed E-state index contributed by atoms with van der Waals surface area (Å²) in [5, 5.41) is 13.4. The third-order valence-electron chi connectivity index (χ3n) is 6.15. The third kappa shape index (κ3) is 1.85. The van der Waals surface area contributed by atoms with Gasteiger partial charge >= 0.3 is 0 Å². The second kappa shape index (κ2) is 4.30. The summed E-state index contributed by atoms with van der Waals surface area (Å²) in [4.78, 5) is 7.19. The molecule has 0 aromatic carbocycles. The molecule has 2 bridgehead atoms. The molecular formula is C16H22N4O. The second-order valence-corrected chi connectivity index (χ2v) is 7.62. The molecule has 2 saturated heterocycles. The van der Waals surface area contributed by atoms with Crippen LogP contribution in [0.25, 0.3) is 0 Å². The summed E-state index contributed by atoms with van der Waals surface area (Å²) in [5.74, 6) is 2.10. The summed E-state index contributed by atoms with van der Waals surface area (Å²) in [6, 6.07) is 3.72. The van der Waals surface area contributed by atoms with Crippen LogP contribution in [0.4, 0.5) is 0 Å². The van der Waals surface area contributed by atoms with Gasteiger partial charge in [0, 0.05) is 18.0 Å². The van der Waals surface area contributed by atoms with E-state index in [0.29, 0.717) is 23.9 Å². The highest BCUT2D eigenvalue weighted by atomic mass is 16.5. The standard InChI is InChI=1S/C16H22N4O/c1-16(2)12(8-17)13(16)15-18-14(19-21-15)9-6-10-4-5-11(7-9)20(10)3/h9-13H,4-7H2,1-3H3. The van der Waals surface area contributed by atoms with Gasteiger partial charge < -0.3 is 9.42 Å². The van der Waals surface area contributed by atoms with Gasteiger partial charge in [0.05, 0.1) is 17.9 Å². The van der Waals surface area contributed by atoms with Crippen LogP contribution in [0.3, 0.4) is 0 Å². The van der Waals surface area contributed by atoms with Gasteiger partial charge in [-0.05, 0) is 38.1 Å². The maximum absolute atomic E-state index is 9.19. The Bertz CT molecular complexity index is 588. The summed E-state index contributed by atoms with van der Waals surface area (Å²) in [5.41, 5.74) is -0.0234. The molecule has 1 aromatic rings. The molecule has 0 N–H and O–H groups in total. The normalized spacial score (nSPS) is 41.0. The number of hydrogen-bond acceptors (Lipinski definition) is 5. The Balaban J connectivity index is 1.53. The van der Waals surface area contributed by atoms with E-state index in [4.69, 9.17) is 4.52 Å². The van der Waals surface area contributed by atoms with Crippen LogP contribution in [0.2, 0.25) is 0 Å². The molecule has 1 aromatic heterocycles. The van der Waals surface area contributed by atoms with Crippen molar-refractivity contribution in [3.05, 3.63) is 11.7 Å². The van der Waals surface area contributed by atoms with Gasteiger partial charge in [-0.1, -0.05) is 19.0 Å². The first-order valence-corrected chi connectivity index (χ1v) is 7.97. The fourth-order valence-corrected chi connectivity index (χ4v) is 4.50. The third-order valence-corrected chi connectivity index (χ3v) is 6.15. The predicted molar refractivity (Wildman–Crippen MR) is 76.5 cm³/mol. The lowest BCUT2D eigenvalue weighted by Crippen LogP contribution is -2.39. The highest BCUT2D eigenvalue weighted by molar-refractivity contribution is 5.26. The molecule has 4 atom stereocenters. The molecule has 21 heavy (non-hydrogen) atoms. The molecule has 3 heterocycles. The minimum Gasteiger partial charge on any atom is -0.339 e. The average Bonchev–Trinajstić information content (AvgIpc) is 2.72. The number of rotatable bonds is 2. The zero-order chi connectivity index (χ0) is 14.8. The zero-order valence-corrected chi connectivity index (χ0v) is 12.9. The highest BCUT2D eigenvalue weighted by Gasteiger charge is 2.62.